The number of hydrogen-bond donors (Lipinski definition) is 2. The quantitative estimate of drug-likeness (QED) is 0.504. The van der Waals surface area contributed by atoms with Gasteiger partial charge in [0, 0.05) is 38.3 Å². The van der Waals surface area contributed by atoms with Gasteiger partial charge in [0.25, 0.3) is 0 Å². The average Bonchev–Trinajstić information content (AvgIpc) is 3.53. The number of benzene rings is 1. The van der Waals surface area contributed by atoms with Crippen molar-refractivity contribution in [1.82, 2.24) is 15.5 Å². The molecule has 1 saturated carbocycles. The molecular formula is C23H38N4O. The van der Waals surface area contributed by atoms with Gasteiger partial charge in [-0.3, -0.25) is 4.99 Å². The van der Waals surface area contributed by atoms with Gasteiger partial charge in [-0.15, -0.1) is 0 Å². The molecule has 1 aromatic rings. The van der Waals surface area contributed by atoms with Crippen molar-refractivity contribution < 1.29 is 4.74 Å². The van der Waals surface area contributed by atoms with Crippen LogP contribution in [-0.4, -0.2) is 55.7 Å². The second-order valence-electron chi connectivity index (χ2n) is 8.55. The van der Waals surface area contributed by atoms with Gasteiger partial charge in [0.15, 0.2) is 5.96 Å². The minimum Gasteiger partial charge on any atom is -0.493 e. The van der Waals surface area contributed by atoms with Crippen LogP contribution in [0.4, 0.5) is 0 Å². The van der Waals surface area contributed by atoms with E-state index in [0.717, 1.165) is 43.9 Å². The van der Waals surface area contributed by atoms with Gasteiger partial charge in [-0.1, -0.05) is 26.0 Å². The molecule has 1 aromatic carbocycles. The topological polar surface area (TPSA) is 48.9 Å². The van der Waals surface area contributed by atoms with Crippen molar-refractivity contribution in [3.8, 4) is 5.75 Å². The summed E-state index contributed by atoms with van der Waals surface area (Å²) in [6.45, 7) is 11.4. The SMILES string of the molecule is CCNC(=NCCc1ccc(OCC(C)C)cc1)NC1CCN(C2CC2)CC1. The van der Waals surface area contributed by atoms with Gasteiger partial charge in [0.05, 0.1) is 6.61 Å². The van der Waals surface area contributed by atoms with Crippen LogP contribution in [0.25, 0.3) is 0 Å². The Bertz CT molecular complexity index is 602. The van der Waals surface area contributed by atoms with Gasteiger partial charge >= 0.3 is 0 Å². The lowest BCUT2D eigenvalue weighted by Crippen LogP contribution is -2.49. The highest BCUT2D eigenvalue weighted by molar-refractivity contribution is 5.80. The number of piperidine rings is 1. The van der Waals surface area contributed by atoms with Crippen LogP contribution in [0.1, 0.15) is 52.0 Å². The van der Waals surface area contributed by atoms with Crippen LogP contribution >= 0.6 is 0 Å². The number of nitrogens with zero attached hydrogens (tertiary/aromatic N) is 2. The molecule has 3 rings (SSSR count). The van der Waals surface area contributed by atoms with E-state index in [1.54, 1.807) is 0 Å². The van der Waals surface area contributed by atoms with Crippen molar-refractivity contribution in [3.05, 3.63) is 29.8 Å². The molecule has 1 aliphatic carbocycles. The summed E-state index contributed by atoms with van der Waals surface area (Å²) < 4.78 is 5.76. The van der Waals surface area contributed by atoms with Crippen molar-refractivity contribution >= 4 is 5.96 Å². The number of aliphatic imine (C=N–C) groups is 1. The van der Waals surface area contributed by atoms with Gasteiger partial charge < -0.3 is 20.3 Å². The van der Waals surface area contributed by atoms with Gasteiger partial charge in [-0.05, 0) is 62.6 Å². The number of nitrogens with one attached hydrogen (secondary N) is 2. The summed E-state index contributed by atoms with van der Waals surface area (Å²) in [5.74, 6) is 2.46. The number of hydrogen-bond acceptors (Lipinski definition) is 3. The smallest absolute Gasteiger partial charge is 0.191 e. The molecule has 0 unspecified atom stereocenters. The maximum atomic E-state index is 5.76. The minimum absolute atomic E-state index is 0.546. The van der Waals surface area contributed by atoms with E-state index >= 15 is 0 Å². The molecule has 0 radical (unpaired) electrons. The first-order valence-electron chi connectivity index (χ1n) is 11.1. The van der Waals surface area contributed by atoms with Crippen molar-refractivity contribution in [1.29, 1.82) is 0 Å². The molecule has 0 aromatic heterocycles. The van der Waals surface area contributed by atoms with Crippen LogP contribution in [-0.2, 0) is 6.42 Å². The van der Waals surface area contributed by atoms with Crippen molar-refractivity contribution in [2.75, 3.05) is 32.8 Å². The second kappa shape index (κ2) is 10.7. The standard InChI is InChI=1S/C23H38N4O/c1-4-24-23(26-20-12-15-27(16-13-20)21-7-8-21)25-14-11-19-5-9-22(10-6-19)28-17-18(2)3/h5-6,9-10,18,20-21H,4,7-8,11-17H2,1-3H3,(H2,24,25,26). The summed E-state index contributed by atoms with van der Waals surface area (Å²) in [5.41, 5.74) is 1.30. The summed E-state index contributed by atoms with van der Waals surface area (Å²) in [7, 11) is 0. The van der Waals surface area contributed by atoms with Gasteiger partial charge in [-0.25, -0.2) is 0 Å². The number of ether oxygens (including phenoxy) is 1. The maximum absolute atomic E-state index is 5.76. The van der Waals surface area contributed by atoms with E-state index in [4.69, 9.17) is 9.73 Å². The molecule has 1 heterocycles. The zero-order valence-electron chi connectivity index (χ0n) is 17.9. The molecule has 156 valence electrons. The first kappa shape index (κ1) is 21.0. The Morgan fingerprint density at radius 3 is 2.46 bits per heavy atom. The molecule has 0 bridgehead atoms. The molecule has 2 fully saturated rings. The first-order chi connectivity index (χ1) is 13.6. The molecule has 28 heavy (non-hydrogen) atoms. The fourth-order valence-corrected chi connectivity index (χ4v) is 3.67. The monoisotopic (exact) mass is 386 g/mol. The van der Waals surface area contributed by atoms with Crippen LogP contribution < -0.4 is 15.4 Å². The third-order valence-electron chi connectivity index (χ3n) is 5.45. The Balaban J connectivity index is 1.42. The summed E-state index contributed by atoms with van der Waals surface area (Å²) >= 11 is 0. The third kappa shape index (κ3) is 7.01. The second-order valence-corrected chi connectivity index (χ2v) is 8.55. The molecule has 0 amide bonds. The molecule has 1 saturated heterocycles. The Kier molecular flexibility index (Phi) is 8.01. The van der Waals surface area contributed by atoms with E-state index in [9.17, 15) is 0 Å². The summed E-state index contributed by atoms with van der Waals surface area (Å²) in [4.78, 5) is 7.46. The van der Waals surface area contributed by atoms with E-state index in [1.165, 1.54) is 44.3 Å². The van der Waals surface area contributed by atoms with E-state index in [0.29, 0.717) is 12.0 Å². The average molecular weight is 387 g/mol. The zero-order valence-corrected chi connectivity index (χ0v) is 17.9. The maximum Gasteiger partial charge on any atom is 0.191 e. The third-order valence-corrected chi connectivity index (χ3v) is 5.45. The summed E-state index contributed by atoms with van der Waals surface area (Å²) in [5, 5.41) is 7.06. The first-order valence-corrected chi connectivity index (χ1v) is 11.1. The fraction of sp³-hybridized carbons (Fsp3) is 0.696. The highest BCUT2D eigenvalue weighted by atomic mass is 16.5. The van der Waals surface area contributed by atoms with Crippen LogP contribution in [0.2, 0.25) is 0 Å². The number of likely N-dealkylation sites (tertiary alicyclic amines) is 1. The van der Waals surface area contributed by atoms with E-state index in [2.05, 4.69) is 60.6 Å². The molecule has 0 spiro atoms. The van der Waals surface area contributed by atoms with E-state index in [-0.39, 0.29) is 0 Å². The number of guanidine groups is 1. The van der Waals surface area contributed by atoms with Crippen molar-refractivity contribution in [3.63, 3.8) is 0 Å². The molecule has 5 nitrogen and oxygen atoms in total. The van der Waals surface area contributed by atoms with Crippen LogP contribution in [0.5, 0.6) is 5.75 Å². The highest BCUT2D eigenvalue weighted by Gasteiger charge is 2.31. The lowest BCUT2D eigenvalue weighted by Gasteiger charge is -2.33. The predicted octanol–water partition coefficient (Wildman–Crippen LogP) is 3.45. The van der Waals surface area contributed by atoms with Gasteiger partial charge in [-0.2, -0.15) is 0 Å². The Labute approximate surface area is 170 Å². The molecular weight excluding hydrogens is 348 g/mol. The highest BCUT2D eigenvalue weighted by Crippen LogP contribution is 2.29. The minimum atomic E-state index is 0.546. The predicted molar refractivity (Wildman–Crippen MR) is 117 cm³/mol. The molecule has 1 aliphatic heterocycles. The molecule has 2 N–H and O–H groups in total. The molecule has 5 heteroatoms. The summed E-state index contributed by atoms with van der Waals surface area (Å²) in [6.07, 6.45) is 6.21. The Morgan fingerprint density at radius 2 is 1.86 bits per heavy atom. The molecule has 0 atom stereocenters. The van der Waals surface area contributed by atoms with E-state index in [1.807, 2.05) is 0 Å². The Hall–Kier alpha value is -1.75. The lowest BCUT2D eigenvalue weighted by molar-refractivity contribution is 0.197. The van der Waals surface area contributed by atoms with Crippen molar-refractivity contribution in [2.24, 2.45) is 10.9 Å². The lowest BCUT2D eigenvalue weighted by atomic mass is 10.1. The Morgan fingerprint density at radius 1 is 1.14 bits per heavy atom. The van der Waals surface area contributed by atoms with Gasteiger partial charge in [0.2, 0.25) is 0 Å². The zero-order chi connectivity index (χ0) is 19.8. The van der Waals surface area contributed by atoms with Crippen molar-refractivity contribution in [2.45, 2.75) is 65.0 Å². The fourth-order valence-electron chi connectivity index (χ4n) is 3.67. The van der Waals surface area contributed by atoms with Gasteiger partial charge in [0.1, 0.15) is 5.75 Å². The summed E-state index contributed by atoms with van der Waals surface area (Å²) in [6, 6.07) is 9.88. The normalized spacial score (nSPS) is 19.1. The van der Waals surface area contributed by atoms with Crippen LogP contribution in [0.15, 0.2) is 29.3 Å². The molecule has 2 aliphatic rings. The largest absolute Gasteiger partial charge is 0.493 e. The van der Waals surface area contributed by atoms with Crippen LogP contribution in [0.3, 0.4) is 0 Å². The van der Waals surface area contributed by atoms with E-state index < -0.39 is 0 Å². The number of rotatable bonds is 9. The van der Waals surface area contributed by atoms with Crippen LogP contribution in [0, 0.1) is 5.92 Å².